The van der Waals surface area contributed by atoms with Gasteiger partial charge in [0.15, 0.2) is 0 Å². The summed E-state index contributed by atoms with van der Waals surface area (Å²) in [5.41, 5.74) is 3.01. The monoisotopic (exact) mass is 632 g/mol. The molecule has 236 valence electrons. The van der Waals surface area contributed by atoms with Crippen LogP contribution >= 0.6 is 0 Å². The van der Waals surface area contributed by atoms with Crippen LogP contribution in [0.3, 0.4) is 0 Å². The van der Waals surface area contributed by atoms with Gasteiger partial charge in [-0.2, -0.15) is 18.2 Å². The van der Waals surface area contributed by atoms with Crippen LogP contribution in [0, 0.1) is 6.92 Å². The molecule has 0 atom stereocenters. The Kier molecular flexibility index (Phi) is 9.55. The Bertz CT molecular complexity index is 1830. The van der Waals surface area contributed by atoms with Crippen molar-refractivity contribution in [3.05, 3.63) is 108 Å². The van der Waals surface area contributed by atoms with E-state index in [1.54, 1.807) is 6.20 Å². The number of benzene rings is 3. The first kappa shape index (κ1) is 31.6. The minimum Gasteiger partial charge on any atom is -0.467 e. The van der Waals surface area contributed by atoms with Gasteiger partial charge in [-0.3, -0.25) is 14.6 Å². The van der Waals surface area contributed by atoms with Gasteiger partial charge >= 0.3 is 24.1 Å². The van der Waals surface area contributed by atoms with Crippen molar-refractivity contribution in [3.8, 4) is 17.1 Å². The van der Waals surface area contributed by atoms with E-state index in [0.717, 1.165) is 40.1 Å². The number of amides is 3. The maximum absolute atomic E-state index is 13.6. The molecule has 5 aromatic rings. The summed E-state index contributed by atoms with van der Waals surface area (Å²) in [5.74, 6) is -0.508. The molecule has 3 N–H and O–H groups in total. The second-order valence-corrected chi connectivity index (χ2v) is 10.2. The molecule has 0 radical (unpaired) electrons. The Balaban J connectivity index is 1.19. The molecule has 0 fully saturated rings. The molecule has 0 aliphatic rings. The fourth-order valence-electron chi connectivity index (χ4n) is 4.55. The highest BCUT2D eigenvalue weighted by Crippen LogP contribution is 2.33. The van der Waals surface area contributed by atoms with Crippen LogP contribution in [0.1, 0.15) is 28.8 Å². The Labute approximate surface area is 261 Å². The number of nitrogens with one attached hydrogen (secondary N) is 3. The Hall–Kier alpha value is -5.79. The van der Waals surface area contributed by atoms with Gasteiger partial charge in [-0.15, -0.1) is 0 Å². The summed E-state index contributed by atoms with van der Waals surface area (Å²) in [5, 5.41) is 11.1. The average Bonchev–Trinajstić information content (AvgIpc) is 3.46. The third kappa shape index (κ3) is 8.43. The second-order valence-electron chi connectivity index (χ2n) is 10.2. The van der Waals surface area contributed by atoms with E-state index in [4.69, 9.17) is 9.26 Å². The van der Waals surface area contributed by atoms with Crippen LogP contribution in [-0.4, -0.2) is 34.3 Å². The van der Waals surface area contributed by atoms with Crippen molar-refractivity contribution in [2.45, 2.75) is 32.5 Å². The predicted octanol–water partition coefficient (Wildman–Crippen LogP) is 6.02. The number of rotatable bonds is 10. The van der Waals surface area contributed by atoms with E-state index in [2.05, 4.69) is 31.2 Å². The Morgan fingerprint density at radius 3 is 2.33 bits per heavy atom. The van der Waals surface area contributed by atoms with Gasteiger partial charge in [0.1, 0.15) is 0 Å². The van der Waals surface area contributed by atoms with Crippen molar-refractivity contribution >= 4 is 29.2 Å². The number of halogens is 3. The molecule has 0 saturated heterocycles. The molecule has 0 spiro atoms. The van der Waals surface area contributed by atoms with Crippen LogP contribution in [-0.2, 0) is 23.9 Å². The SMILES string of the molecule is COc1ncc(-c2ccc(C[n+]3cc(NC(=O)Nc4cc(NC(=O)CCc5ccccc5)cc(C(F)(F)F)c4)on3)cc2)c(C)n1. The first-order chi connectivity index (χ1) is 22.1. The molecule has 0 bridgehead atoms. The van der Waals surface area contributed by atoms with Crippen LogP contribution in [0.5, 0.6) is 6.01 Å². The van der Waals surface area contributed by atoms with Crippen molar-refractivity contribution in [2.24, 2.45) is 0 Å². The van der Waals surface area contributed by atoms with E-state index in [1.807, 2.05) is 61.5 Å². The lowest BCUT2D eigenvalue weighted by atomic mass is 10.0. The zero-order chi connectivity index (χ0) is 32.7. The van der Waals surface area contributed by atoms with Gasteiger partial charge in [0.2, 0.25) is 17.7 Å². The standard InChI is InChI=1S/C32H28F3N7O4/c1-20-27(17-36-31(37-20)45-2)23-11-8-22(9-12-23)18-42-19-29(46-41-42)40-30(44)39-26-15-24(32(33,34)35)14-25(16-26)38-28(43)13-10-21-6-4-3-5-7-21/h3-9,11-12,14-17,19H,10,13,18H2,1-2H3,(H2-,38,39,40,41,43,44)/p+1. The van der Waals surface area contributed by atoms with E-state index in [1.165, 1.54) is 24.1 Å². The molecule has 3 aromatic carbocycles. The molecule has 0 saturated carbocycles. The smallest absolute Gasteiger partial charge is 0.416 e. The number of alkyl halides is 3. The number of carbonyl (C=O) groups excluding carboxylic acids is 2. The summed E-state index contributed by atoms with van der Waals surface area (Å²) < 4.78 is 52.5. The van der Waals surface area contributed by atoms with E-state index >= 15 is 0 Å². The summed E-state index contributed by atoms with van der Waals surface area (Å²) in [7, 11) is 1.50. The second kappa shape index (κ2) is 13.9. The minimum absolute atomic E-state index is 0.0402. The molecule has 0 aliphatic carbocycles. The third-order valence-electron chi connectivity index (χ3n) is 6.78. The maximum Gasteiger partial charge on any atom is 0.416 e. The average molecular weight is 633 g/mol. The quantitative estimate of drug-likeness (QED) is 0.160. The van der Waals surface area contributed by atoms with E-state index < -0.39 is 23.7 Å². The number of aryl methyl sites for hydroxylation is 2. The normalized spacial score (nSPS) is 11.2. The Morgan fingerprint density at radius 2 is 1.65 bits per heavy atom. The number of ether oxygens (including phenoxy) is 1. The molecule has 0 unspecified atom stereocenters. The fourth-order valence-corrected chi connectivity index (χ4v) is 4.55. The van der Waals surface area contributed by atoms with E-state index in [9.17, 15) is 22.8 Å². The van der Waals surface area contributed by atoms with Gasteiger partial charge in [-0.1, -0.05) is 54.6 Å². The van der Waals surface area contributed by atoms with Crippen LogP contribution in [0.4, 0.5) is 35.2 Å². The zero-order valence-corrected chi connectivity index (χ0v) is 24.8. The molecular weight excluding hydrogens is 603 g/mol. The van der Waals surface area contributed by atoms with Crippen molar-refractivity contribution in [2.75, 3.05) is 23.1 Å². The molecule has 14 heteroatoms. The first-order valence-electron chi connectivity index (χ1n) is 14.0. The van der Waals surface area contributed by atoms with Crippen LogP contribution in [0.25, 0.3) is 11.1 Å². The van der Waals surface area contributed by atoms with Gasteiger partial charge in [0, 0.05) is 35.1 Å². The van der Waals surface area contributed by atoms with E-state index in [-0.39, 0.29) is 29.7 Å². The number of anilines is 3. The van der Waals surface area contributed by atoms with Crippen molar-refractivity contribution in [1.29, 1.82) is 0 Å². The highest BCUT2D eigenvalue weighted by atomic mass is 19.4. The largest absolute Gasteiger partial charge is 0.467 e. The molecule has 2 heterocycles. The molecule has 2 aromatic heterocycles. The summed E-state index contributed by atoms with van der Waals surface area (Å²) in [6, 6.07) is 19.1. The van der Waals surface area contributed by atoms with Gasteiger partial charge in [-0.05, 0) is 47.4 Å². The topological polar surface area (TPSA) is 135 Å². The highest BCUT2D eigenvalue weighted by Gasteiger charge is 2.31. The number of aromatic nitrogens is 4. The summed E-state index contributed by atoms with van der Waals surface area (Å²) >= 11 is 0. The van der Waals surface area contributed by atoms with Crippen molar-refractivity contribution < 1.29 is 36.7 Å². The lowest BCUT2D eigenvalue weighted by Crippen LogP contribution is -2.35. The molecule has 0 aliphatic heterocycles. The summed E-state index contributed by atoms with van der Waals surface area (Å²) in [6.45, 7) is 2.17. The number of hydrogen-bond acceptors (Lipinski definition) is 7. The number of nitrogens with zero attached hydrogens (tertiary/aromatic N) is 4. The zero-order valence-electron chi connectivity index (χ0n) is 24.8. The van der Waals surface area contributed by atoms with Gasteiger partial charge in [-0.25, -0.2) is 9.78 Å². The molecular formula is C32H29F3N7O4+. The number of urea groups is 1. The number of methoxy groups -OCH3 is 1. The van der Waals surface area contributed by atoms with Gasteiger partial charge < -0.3 is 15.4 Å². The lowest BCUT2D eigenvalue weighted by molar-refractivity contribution is -0.754. The number of hydrogen-bond donors (Lipinski definition) is 3. The van der Waals surface area contributed by atoms with Gasteiger partial charge in [0.25, 0.3) is 6.20 Å². The van der Waals surface area contributed by atoms with Crippen molar-refractivity contribution in [3.63, 3.8) is 0 Å². The number of carbonyl (C=O) groups is 2. The van der Waals surface area contributed by atoms with Crippen LogP contribution < -0.4 is 25.4 Å². The predicted molar refractivity (Wildman–Crippen MR) is 162 cm³/mol. The molecule has 5 rings (SSSR count). The lowest BCUT2D eigenvalue weighted by Gasteiger charge is -2.14. The Morgan fingerprint density at radius 1 is 0.935 bits per heavy atom. The highest BCUT2D eigenvalue weighted by molar-refractivity contribution is 5.99. The fraction of sp³-hybridized carbons (Fsp3) is 0.188. The van der Waals surface area contributed by atoms with Crippen LogP contribution in [0.2, 0.25) is 0 Å². The maximum atomic E-state index is 13.6. The minimum atomic E-state index is -4.71. The molecule has 46 heavy (non-hydrogen) atoms. The summed E-state index contributed by atoms with van der Waals surface area (Å²) in [4.78, 5) is 33.5. The first-order valence-corrected chi connectivity index (χ1v) is 14.0. The van der Waals surface area contributed by atoms with Crippen LogP contribution in [0.15, 0.2) is 89.7 Å². The summed E-state index contributed by atoms with van der Waals surface area (Å²) in [6.07, 6.45) is -1.11. The van der Waals surface area contributed by atoms with Gasteiger partial charge in [0.05, 0.1) is 18.4 Å². The molecule has 11 nitrogen and oxygen atoms in total. The molecule has 3 amide bonds. The van der Waals surface area contributed by atoms with Crippen molar-refractivity contribution in [1.82, 2.24) is 15.2 Å². The van der Waals surface area contributed by atoms with E-state index in [0.29, 0.717) is 13.0 Å². The third-order valence-corrected chi connectivity index (χ3v) is 6.78.